The number of carbonyl (C=O) groups is 1. The second-order valence-electron chi connectivity index (χ2n) is 5.56. The van der Waals surface area contributed by atoms with E-state index in [-0.39, 0.29) is 5.91 Å². The van der Waals surface area contributed by atoms with Gasteiger partial charge in [-0.05, 0) is 31.7 Å². The number of nitrogens with one attached hydrogen (secondary N) is 2. The van der Waals surface area contributed by atoms with Crippen LogP contribution < -0.4 is 16.6 Å². The van der Waals surface area contributed by atoms with Crippen molar-refractivity contribution >= 4 is 11.6 Å². The monoisotopic (exact) mass is 276 g/mol. The summed E-state index contributed by atoms with van der Waals surface area (Å²) in [5.74, 6) is 6.19. The third kappa shape index (κ3) is 3.93. The molecule has 2 rings (SSSR count). The fraction of sp³-hybridized carbons (Fsp3) is 0.600. The van der Waals surface area contributed by atoms with Gasteiger partial charge < -0.3 is 10.7 Å². The average Bonchev–Trinajstić information content (AvgIpc) is 2.96. The average molecular weight is 276 g/mol. The molecule has 0 spiro atoms. The van der Waals surface area contributed by atoms with E-state index in [2.05, 4.69) is 15.7 Å². The molecule has 0 aromatic carbocycles. The minimum absolute atomic E-state index is 0.114. The SMILES string of the molecule is Cc1cc(NN)c(C(=O)NCCCC2CCCC2)cn1. The van der Waals surface area contributed by atoms with Crippen molar-refractivity contribution in [2.75, 3.05) is 12.0 Å². The van der Waals surface area contributed by atoms with Crippen LogP contribution >= 0.6 is 0 Å². The molecule has 1 saturated carbocycles. The minimum atomic E-state index is -0.114. The zero-order chi connectivity index (χ0) is 14.4. The van der Waals surface area contributed by atoms with Crippen LogP contribution in [0.5, 0.6) is 0 Å². The van der Waals surface area contributed by atoms with Gasteiger partial charge in [0.1, 0.15) is 0 Å². The molecule has 1 fully saturated rings. The van der Waals surface area contributed by atoms with Crippen LogP contribution in [0.25, 0.3) is 0 Å². The lowest BCUT2D eigenvalue weighted by Gasteiger charge is -2.11. The first-order valence-electron chi connectivity index (χ1n) is 7.42. The number of hydrazine groups is 1. The smallest absolute Gasteiger partial charge is 0.255 e. The van der Waals surface area contributed by atoms with Gasteiger partial charge in [0.05, 0.1) is 11.3 Å². The Bertz CT molecular complexity index is 455. The summed E-state index contributed by atoms with van der Waals surface area (Å²) in [5.41, 5.74) is 4.50. The highest BCUT2D eigenvalue weighted by molar-refractivity contribution is 5.99. The molecule has 20 heavy (non-hydrogen) atoms. The molecule has 110 valence electrons. The third-order valence-corrected chi connectivity index (χ3v) is 3.99. The molecule has 5 heteroatoms. The molecular weight excluding hydrogens is 252 g/mol. The largest absolute Gasteiger partial charge is 0.352 e. The Balaban J connectivity index is 1.79. The topological polar surface area (TPSA) is 80.0 Å². The minimum Gasteiger partial charge on any atom is -0.352 e. The van der Waals surface area contributed by atoms with Crippen LogP contribution in [0.3, 0.4) is 0 Å². The molecule has 1 heterocycles. The van der Waals surface area contributed by atoms with Gasteiger partial charge in [-0.2, -0.15) is 0 Å². The van der Waals surface area contributed by atoms with Gasteiger partial charge in [-0.1, -0.05) is 25.7 Å². The Morgan fingerprint density at radius 3 is 2.90 bits per heavy atom. The quantitative estimate of drug-likeness (QED) is 0.423. The number of aromatic nitrogens is 1. The van der Waals surface area contributed by atoms with Gasteiger partial charge in [0.15, 0.2) is 0 Å². The lowest BCUT2D eigenvalue weighted by Crippen LogP contribution is -2.26. The molecule has 0 unspecified atom stereocenters. The maximum absolute atomic E-state index is 12.1. The lowest BCUT2D eigenvalue weighted by atomic mass is 10.0. The predicted molar refractivity (Wildman–Crippen MR) is 80.3 cm³/mol. The Morgan fingerprint density at radius 1 is 1.45 bits per heavy atom. The molecule has 1 aromatic rings. The fourth-order valence-electron chi connectivity index (χ4n) is 2.85. The number of hydrogen-bond acceptors (Lipinski definition) is 4. The van der Waals surface area contributed by atoms with Crippen molar-refractivity contribution in [2.45, 2.75) is 45.4 Å². The van der Waals surface area contributed by atoms with Crippen molar-refractivity contribution in [3.8, 4) is 0 Å². The highest BCUT2D eigenvalue weighted by Crippen LogP contribution is 2.28. The molecule has 0 saturated heterocycles. The van der Waals surface area contributed by atoms with E-state index in [0.29, 0.717) is 17.8 Å². The summed E-state index contributed by atoms with van der Waals surface area (Å²) in [7, 11) is 0. The van der Waals surface area contributed by atoms with Crippen molar-refractivity contribution in [3.05, 3.63) is 23.5 Å². The van der Waals surface area contributed by atoms with E-state index in [1.54, 1.807) is 12.3 Å². The second-order valence-corrected chi connectivity index (χ2v) is 5.56. The van der Waals surface area contributed by atoms with Crippen molar-refractivity contribution in [1.29, 1.82) is 0 Å². The number of anilines is 1. The van der Waals surface area contributed by atoms with E-state index in [1.807, 2.05) is 6.92 Å². The van der Waals surface area contributed by atoms with Crippen LogP contribution in [-0.2, 0) is 0 Å². The molecule has 1 aliphatic rings. The molecule has 5 nitrogen and oxygen atoms in total. The summed E-state index contributed by atoms with van der Waals surface area (Å²) < 4.78 is 0. The van der Waals surface area contributed by atoms with Crippen LogP contribution in [-0.4, -0.2) is 17.4 Å². The summed E-state index contributed by atoms with van der Waals surface area (Å²) >= 11 is 0. The van der Waals surface area contributed by atoms with E-state index in [9.17, 15) is 4.79 Å². The van der Waals surface area contributed by atoms with Gasteiger partial charge in [0, 0.05) is 18.4 Å². The second kappa shape index (κ2) is 7.24. The molecule has 1 amide bonds. The number of nitrogens with zero attached hydrogens (tertiary/aromatic N) is 1. The summed E-state index contributed by atoms with van der Waals surface area (Å²) in [4.78, 5) is 16.2. The van der Waals surface area contributed by atoms with Crippen LogP contribution in [0.2, 0.25) is 0 Å². The maximum Gasteiger partial charge on any atom is 0.255 e. The Kier molecular flexibility index (Phi) is 5.35. The zero-order valence-corrected chi connectivity index (χ0v) is 12.1. The van der Waals surface area contributed by atoms with E-state index in [4.69, 9.17) is 5.84 Å². The van der Waals surface area contributed by atoms with Gasteiger partial charge in [0.2, 0.25) is 0 Å². The van der Waals surface area contributed by atoms with E-state index in [0.717, 1.165) is 18.0 Å². The number of pyridine rings is 1. The van der Waals surface area contributed by atoms with Crippen molar-refractivity contribution in [2.24, 2.45) is 11.8 Å². The third-order valence-electron chi connectivity index (χ3n) is 3.99. The van der Waals surface area contributed by atoms with Gasteiger partial charge in [0.25, 0.3) is 5.91 Å². The van der Waals surface area contributed by atoms with E-state index < -0.39 is 0 Å². The standard InChI is InChI=1S/C15H24N4O/c1-11-9-14(19-16)13(10-18-11)15(20)17-8-4-7-12-5-2-3-6-12/h9-10,12H,2-8,16H2,1H3,(H,17,20)(H,18,19). The summed E-state index contributed by atoms with van der Waals surface area (Å²) in [6, 6.07) is 1.77. The Hall–Kier alpha value is -1.62. The number of amides is 1. The van der Waals surface area contributed by atoms with Gasteiger partial charge >= 0.3 is 0 Å². The normalized spacial score (nSPS) is 15.3. The molecular formula is C15H24N4O. The summed E-state index contributed by atoms with van der Waals surface area (Å²) in [6.45, 7) is 2.58. The molecule has 1 aliphatic carbocycles. The molecule has 0 aliphatic heterocycles. The summed E-state index contributed by atoms with van der Waals surface area (Å²) in [6.07, 6.45) is 9.29. The lowest BCUT2D eigenvalue weighted by molar-refractivity contribution is 0.0953. The molecule has 4 N–H and O–H groups in total. The number of nitrogens with two attached hydrogens (primary N) is 1. The first kappa shape index (κ1) is 14.8. The number of rotatable bonds is 6. The molecule has 0 bridgehead atoms. The molecule has 0 atom stereocenters. The maximum atomic E-state index is 12.1. The predicted octanol–water partition coefficient (Wildman–Crippen LogP) is 2.38. The van der Waals surface area contributed by atoms with Crippen LogP contribution in [0.15, 0.2) is 12.3 Å². The van der Waals surface area contributed by atoms with Crippen molar-refractivity contribution < 1.29 is 4.79 Å². The Morgan fingerprint density at radius 2 is 2.20 bits per heavy atom. The van der Waals surface area contributed by atoms with Gasteiger partial charge in [-0.15, -0.1) is 0 Å². The Labute approximate surface area is 120 Å². The fourth-order valence-corrected chi connectivity index (χ4v) is 2.85. The number of nitrogen functional groups attached to an aromatic ring is 1. The number of aryl methyl sites for hydroxylation is 1. The highest BCUT2D eigenvalue weighted by Gasteiger charge is 2.15. The van der Waals surface area contributed by atoms with Crippen molar-refractivity contribution in [3.63, 3.8) is 0 Å². The van der Waals surface area contributed by atoms with Crippen LogP contribution in [0.4, 0.5) is 5.69 Å². The van der Waals surface area contributed by atoms with E-state index in [1.165, 1.54) is 32.1 Å². The van der Waals surface area contributed by atoms with Gasteiger partial charge in [-0.25, -0.2) is 0 Å². The first-order chi connectivity index (χ1) is 9.70. The molecule has 1 aromatic heterocycles. The van der Waals surface area contributed by atoms with Gasteiger partial charge in [-0.3, -0.25) is 15.6 Å². The molecule has 0 radical (unpaired) electrons. The number of carbonyl (C=O) groups excluding carboxylic acids is 1. The van der Waals surface area contributed by atoms with Crippen LogP contribution in [0, 0.1) is 12.8 Å². The van der Waals surface area contributed by atoms with E-state index >= 15 is 0 Å². The first-order valence-corrected chi connectivity index (χ1v) is 7.42. The zero-order valence-electron chi connectivity index (χ0n) is 12.1. The number of hydrogen-bond donors (Lipinski definition) is 3. The summed E-state index contributed by atoms with van der Waals surface area (Å²) in [5, 5.41) is 2.94. The highest BCUT2D eigenvalue weighted by atomic mass is 16.1. The van der Waals surface area contributed by atoms with Crippen LogP contribution in [0.1, 0.15) is 54.6 Å². The van der Waals surface area contributed by atoms with Crippen molar-refractivity contribution in [1.82, 2.24) is 10.3 Å².